The van der Waals surface area contributed by atoms with Crippen LogP contribution in [0.2, 0.25) is 0 Å². The SMILES string of the molecule is CN1CCC2CCN(CCCOc3nc(N)c4ccccc4n3)CC21. The number of para-hydroxylation sites is 1. The second-order valence-electron chi connectivity index (χ2n) is 7.30. The summed E-state index contributed by atoms with van der Waals surface area (Å²) in [5, 5.41) is 0.874. The van der Waals surface area contributed by atoms with Crippen LogP contribution in [0.25, 0.3) is 10.9 Å². The molecule has 2 fully saturated rings. The van der Waals surface area contributed by atoms with Crippen LogP contribution in [0.4, 0.5) is 5.82 Å². The van der Waals surface area contributed by atoms with Gasteiger partial charge in [0, 0.05) is 24.5 Å². The minimum Gasteiger partial charge on any atom is -0.463 e. The van der Waals surface area contributed by atoms with Crippen LogP contribution in [-0.4, -0.2) is 65.6 Å². The van der Waals surface area contributed by atoms with Gasteiger partial charge < -0.3 is 20.3 Å². The maximum atomic E-state index is 6.00. The molecule has 25 heavy (non-hydrogen) atoms. The summed E-state index contributed by atoms with van der Waals surface area (Å²) < 4.78 is 5.75. The quantitative estimate of drug-likeness (QED) is 0.839. The van der Waals surface area contributed by atoms with E-state index in [1.807, 2.05) is 24.3 Å². The van der Waals surface area contributed by atoms with Gasteiger partial charge in [-0.2, -0.15) is 9.97 Å². The molecule has 2 aromatic rings. The van der Waals surface area contributed by atoms with E-state index in [9.17, 15) is 0 Å². The highest BCUT2D eigenvalue weighted by Gasteiger charge is 2.35. The van der Waals surface area contributed by atoms with Crippen LogP contribution in [-0.2, 0) is 0 Å². The van der Waals surface area contributed by atoms with Gasteiger partial charge in [0.25, 0.3) is 0 Å². The van der Waals surface area contributed by atoms with Gasteiger partial charge in [-0.3, -0.25) is 0 Å². The zero-order valence-electron chi connectivity index (χ0n) is 14.9. The Morgan fingerprint density at radius 3 is 2.96 bits per heavy atom. The number of piperidine rings is 1. The molecule has 6 nitrogen and oxygen atoms in total. The first-order chi connectivity index (χ1) is 12.2. The van der Waals surface area contributed by atoms with Crippen molar-refractivity contribution in [1.29, 1.82) is 0 Å². The van der Waals surface area contributed by atoms with Crippen LogP contribution in [0.15, 0.2) is 24.3 Å². The molecule has 2 unspecified atom stereocenters. The molecular weight excluding hydrogens is 314 g/mol. The second kappa shape index (κ2) is 7.14. The molecule has 134 valence electrons. The molecule has 2 aliphatic heterocycles. The van der Waals surface area contributed by atoms with Gasteiger partial charge in [0.05, 0.1) is 12.1 Å². The number of nitrogen functional groups attached to an aromatic ring is 1. The highest BCUT2D eigenvalue weighted by molar-refractivity contribution is 5.88. The summed E-state index contributed by atoms with van der Waals surface area (Å²) in [6.45, 7) is 5.36. The van der Waals surface area contributed by atoms with E-state index in [2.05, 4.69) is 26.8 Å². The molecule has 6 heteroatoms. The summed E-state index contributed by atoms with van der Waals surface area (Å²) in [7, 11) is 2.26. The molecule has 0 saturated carbocycles. The number of aromatic nitrogens is 2. The third-order valence-electron chi connectivity index (χ3n) is 5.69. The van der Waals surface area contributed by atoms with E-state index in [0.29, 0.717) is 18.4 Å². The van der Waals surface area contributed by atoms with Gasteiger partial charge in [-0.15, -0.1) is 0 Å². The fourth-order valence-electron chi connectivity index (χ4n) is 4.22. The Kier molecular flexibility index (Phi) is 4.72. The lowest BCUT2D eigenvalue weighted by Crippen LogP contribution is -2.47. The van der Waals surface area contributed by atoms with E-state index >= 15 is 0 Å². The Bertz CT molecular complexity index is 737. The van der Waals surface area contributed by atoms with Gasteiger partial charge in [0.1, 0.15) is 5.82 Å². The third-order valence-corrected chi connectivity index (χ3v) is 5.69. The Morgan fingerprint density at radius 1 is 1.20 bits per heavy atom. The van der Waals surface area contributed by atoms with Crippen molar-refractivity contribution in [1.82, 2.24) is 19.8 Å². The molecule has 1 aromatic heterocycles. The molecule has 0 radical (unpaired) electrons. The number of nitrogens with two attached hydrogens (primary N) is 1. The predicted octanol–water partition coefficient (Wildman–Crippen LogP) is 2.01. The maximum absolute atomic E-state index is 6.00. The Balaban J connectivity index is 1.27. The van der Waals surface area contributed by atoms with Gasteiger partial charge in [0.15, 0.2) is 0 Å². The molecule has 1 aromatic carbocycles. The fraction of sp³-hybridized carbons (Fsp3) is 0.579. The molecule has 2 atom stereocenters. The number of likely N-dealkylation sites (N-methyl/N-ethyl adjacent to an activating group) is 1. The number of rotatable bonds is 5. The predicted molar refractivity (Wildman–Crippen MR) is 99.6 cm³/mol. The standard InChI is InChI=1S/C19H27N5O/c1-23-10-7-14-8-11-24(13-17(14)23)9-4-12-25-19-21-16-6-3-2-5-15(16)18(20)22-19/h2-3,5-6,14,17H,4,7-13H2,1H3,(H2,20,21,22). The minimum atomic E-state index is 0.380. The summed E-state index contributed by atoms with van der Waals surface area (Å²) in [5.74, 6) is 1.39. The van der Waals surface area contributed by atoms with Crippen molar-refractivity contribution in [3.63, 3.8) is 0 Å². The molecular formula is C19H27N5O. The van der Waals surface area contributed by atoms with E-state index in [-0.39, 0.29) is 0 Å². The Morgan fingerprint density at radius 2 is 2.04 bits per heavy atom. The second-order valence-corrected chi connectivity index (χ2v) is 7.30. The van der Waals surface area contributed by atoms with Crippen LogP contribution in [0, 0.1) is 5.92 Å². The molecule has 2 aliphatic rings. The number of nitrogens with zero attached hydrogens (tertiary/aromatic N) is 4. The highest BCUT2D eigenvalue weighted by atomic mass is 16.5. The van der Waals surface area contributed by atoms with Gasteiger partial charge in [-0.1, -0.05) is 12.1 Å². The molecule has 2 saturated heterocycles. The van der Waals surface area contributed by atoms with Crippen LogP contribution in [0.3, 0.4) is 0 Å². The number of likely N-dealkylation sites (tertiary alicyclic amines) is 2. The van der Waals surface area contributed by atoms with Crippen molar-refractivity contribution in [2.45, 2.75) is 25.3 Å². The van der Waals surface area contributed by atoms with Gasteiger partial charge in [-0.05, 0) is 57.5 Å². The topological polar surface area (TPSA) is 67.5 Å². The lowest BCUT2D eigenvalue weighted by atomic mass is 9.92. The number of ether oxygens (including phenoxy) is 1. The molecule has 0 amide bonds. The minimum absolute atomic E-state index is 0.380. The van der Waals surface area contributed by atoms with Crippen LogP contribution < -0.4 is 10.5 Å². The molecule has 4 rings (SSSR count). The number of benzene rings is 1. The number of anilines is 1. The summed E-state index contributed by atoms with van der Waals surface area (Å²) in [4.78, 5) is 13.8. The molecule has 0 aliphatic carbocycles. The number of hydrogen-bond donors (Lipinski definition) is 1. The van der Waals surface area contributed by atoms with E-state index < -0.39 is 0 Å². The van der Waals surface area contributed by atoms with Gasteiger partial charge in [-0.25, -0.2) is 0 Å². The molecule has 0 bridgehead atoms. The smallest absolute Gasteiger partial charge is 0.318 e. The zero-order chi connectivity index (χ0) is 17.2. The molecule has 3 heterocycles. The third kappa shape index (κ3) is 3.55. The van der Waals surface area contributed by atoms with Crippen LogP contribution in [0.1, 0.15) is 19.3 Å². The largest absolute Gasteiger partial charge is 0.463 e. The Labute approximate surface area is 149 Å². The van der Waals surface area contributed by atoms with Gasteiger partial charge in [0.2, 0.25) is 0 Å². The lowest BCUT2D eigenvalue weighted by molar-refractivity contribution is 0.112. The normalized spacial score (nSPS) is 24.5. The summed E-state index contributed by atoms with van der Waals surface area (Å²) in [5.41, 5.74) is 6.83. The molecule has 0 spiro atoms. The Hall–Kier alpha value is -1.92. The monoisotopic (exact) mass is 341 g/mol. The van der Waals surface area contributed by atoms with E-state index in [1.54, 1.807) is 0 Å². The van der Waals surface area contributed by atoms with Gasteiger partial charge >= 0.3 is 6.01 Å². The summed E-state index contributed by atoms with van der Waals surface area (Å²) in [6.07, 6.45) is 3.69. The van der Waals surface area contributed by atoms with Crippen molar-refractivity contribution >= 4 is 16.7 Å². The van der Waals surface area contributed by atoms with E-state index in [0.717, 1.165) is 35.8 Å². The summed E-state index contributed by atoms with van der Waals surface area (Å²) >= 11 is 0. The number of fused-ring (bicyclic) bond motifs is 2. The van der Waals surface area contributed by atoms with Crippen molar-refractivity contribution < 1.29 is 4.74 Å². The van der Waals surface area contributed by atoms with Crippen molar-refractivity contribution in [3.8, 4) is 6.01 Å². The zero-order valence-corrected chi connectivity index (χ0v) is 14.9. The maximum Gasteiger partial charge on any atom is 0.318 e. The van der Waals surface area contributed by atoms with Crippen molar-refractivity contribution in [3.05, 3.63) is 24.3 Å². The van der Waals surface area contributed by atoms with E-state index in [1.165, 1.54) is 32.5 Å². The lowest BCUT2D eigenvalue weighted by Gasteiger charge is -2.37. The summed E-state index contributed by atoms with van der Waals surface area (Å²) in [6, 6.07) is 8.87. The average molecular weight is 341 g/mol. The first-order valence-electron chi connectivity index (χ1n) is 9.28. The van der Waals surface area contributed by atoms with Crippen LogP contribution in [0.5, 0.6) is 6.01 Å². The van der Waals surface area contributed by atoms with Crippen molar-refractivity contribution in [2.24, 2.45) is 5.92 Å². The highest BCUT2D eigenvalue weighted by Crippen LogP contribution is 2.30. The average Bonchev–Trinajstić information content (AvgIpc) is 2.99. The number of hydrogen-bond acceptors (Lipinski definition) is 6. The fourth-order valence-corrected chi connectivity index (χ4v) is 4.22. The molecule has 2 N–H and O–H groups in total. The van der Waals surface area contributed by atoms with E-state index in [4.69, 9.17) is 10.5 Å². The van der Waals surface area contributed by atoms with Crippen molar-refractivity contribution in [2.75, 3.05) is 45.6 Å². The first-order valence-corrected chi connectivity index (χ1v) is 9.28. The first kappa shape index (κ1) is 16.5. The van der Waals surface area contributed by atoms with Crippen LogP contribution >= 0.6 is 0 Å².